The van der Waals surface area contributed by atoms with Gasteiger partial charge in [0, 0.05) is 18.5 Å². The third-order valence-electron chi connectivity index (χ3n) is 6.78. The number of ether oxygens (including phenoxy) is 1. The van der Waals surface area contributed by atoms with Crippen LogP contribution in [0.5, 0.6) is 0 Å². The average Bonchev–Trinajstić information content (AvgIpc) is 3.46. The maximum atomic E-state index is 13.2. The van der Waals surface area contributed by atoms with Gasteiger partial charge in [-0.15, -0.1) is 0 Å². The highest BCUT2D eigenvalue weighted by Crippen LogP contribution is 2.44. The monoisotopic (exact) mass is 436 g/mol. The van der Waals surface area contributed by atoms with Gasteiger partial charge in [0.15, 0.2) is 5.76 Å². The topological polar surface area (TPSA) is 84.9 Å². The standard InChI is InChI=1S/C25H28N2O5/c28-22(26-10-13-31-14-11-26)16-27-20-15-18(25(29)30)8-9-19(20)23(17-5-2-1-3-6-17)24(27)21-7-4-12-32-21/h4,7-9,12,15,17H,1-3,5-6,10-11,13-14,16H2,(H,29,30). The van der Waals surface area contributed by atoms with Crippen LogP contribution >= 0.6 is 0 Å². The van der Waals surface area contributed by atoms with Crippen molar-refractivity contribution < 1.29 is 23.8 Å². The van der Waals surface area contributed by atoms with Crippen molar-refractivity contribution in [3.8, 4) is 11.5 Å². The number of aromatic nitrogens is 1. The molecule has 32 heavy (non-hydrogen) atoms. The Morgan fingerprint density at radius 2 is 1.84 bits per heavy atom. The van der Waals surface area contributed by atoms with Gasteiger partial charge < -0.3 is 23.7 Å². The molecule has 2 aliphatic rings. The summed E-state index contributed by atoms with van der Waals surface area (Å²) in [5, 5.41) is 10.6. The first-order valence-electron chi connectivity index (χ1n) is 11.4. The van der Waals surface area contributed by atoms with Crippen molar-refractivity contribution >= 4 is 22.8 Å². The molecule has 5 rings (SSSR count). The number of aromatic carboxylic acids is 1. The fraction of sp³-hybridized carbons (Fsp3) is 0.440. The van der Waals surface area contributed by atoms with Crippen molar-refractivity contribution in [2.45, 2.75) is 44.6 Å². The minimum atomic E-state index is -0.974. The molecular formula is C25H28N2O5. The number of benzene rings is 1. The zero-order valence-electron chi connectivity index (χ0n) is 18.1. The Bertz CT molecular complexity index is 1120. The van der Waals surface area contributed by atoms with Crippen molar-refractivity contribution in [3.63, 3.8) is 0 Å². The summed E-state index contributed by atoms with van der Waals surface area (Å²) in [5.41, 5.74) is 3.08. The Hall–Kier alpha value is -3.06. The summed E-state index contributed by atoms with van der Waals surface area (Å²) in [4.78, 5) is 26.8. The molecular weight excluding hydrogens is 408 g/mol. The van der Waals surface area contributed by atoms with Crippen LogP contribution in [0.3, 0.4) is 0 Å². The Balaban J connectivity index is 1.69. The van der Waals surface area contributed by atoms with Gasteiger partial charge in [0.2, 0.25) is 5.91 Å². The summed E-state index contributed by atoms with van der Waals surface area (Å²) in [7, 11) is 0. The number of carboxylic acid groups (broad SMARTS) is 1. The molecule has 0 spiro atoms. The highest BCUT2D eigenvalue weighted by atomic mass is 16.5. The third-order valence-corrected chi connectivity index (χ3v) is 6.78. The van der Waals surface area contributed by atoms with Crippen LogP contribution in [0.2, 0.25) is 0 Å². The van der Waals surface area contributed by atoms with Crippen LogP contribution in [0.15, 0.2) is 41.0 Å². The van der Waals surface area contributed by atoms with Crippen LogP contribution in [0.1, 0.15) is 53.9 Å². The SMILES string of the molecule is O=C(O)c1ccc2c(C3CCCCC3)c(-c3ccco3)n(CC(=O)N3CCOCC3)c2c1. The number of carboxylic acids is 1. The van der Waals surface area contributed by atoms with Gasteiger partial charge in [-0.1, -0.05) is 25.3 Å². The van der Waals surface area contributed by atoms with Crippen molar-refractivity contribution in [1.29, 1.82) is 0 Å². The first-order valence-corrected chi connectivity index (χ1v) is 11.4. The maximum Gasteiger partial charge on any atom is 0.335 e. The van der Waals surface area contributed by atoms with Crippen LogP contribution in [-0.2, 0) is 16.1 Å². The molecule has 0 atom stereocenters. The smallest absolute Gasteiger partial charge is 0.335 e. The summed E-state index contributed by atoms with van der Waals surface area (Å²) in [6.07, 6.45) is 7.41. The fourth-order valence-electron chi connectivity index (χ4n) is 5.20. The average molecular weight is 437 g/mol. The summed E-state index contributed by atoms with van der Waals surface area (Å²) in [6, 6.07) is 9.05. The molecule has 0 bridgehead atoms. The molecule has 1 amide bonds. The quantitative estimate of drug-likeness (QED) is 0.636. The predicted octanol–water partition coefficient (Wildman–Crippen LogP) is 4.51. The normalized spacial score (nSPS) is 17.7. The summed E-state index contributed by atoms with van der Waals surface area (Å²) in [5.74, 6) is 0.113. The molecule has 0 unspecified atom stereocenters. The molecule has 7 heteroatoms. The molecule has 1 saturated heterocycles. The van der Waals surface area contributed by atoms with Gasteiger partial charge in [0.1, 0.15) is 6.54 Å². The number of nitrogens with zero attached hydrogens (tertiary/aromatic N) is 2. The van der Waals surface area contributed by atoms with Gasteiger partial charge in [-0.3, -0.25) is 4.79 Å². The lowest BCUT2D eigenvalue weighted by atomic mass is 9.82. The molecule has 2 aromatic heterocycles. The highest BCUT2D eigenvalue weighted by Gasteiger charge is 2.29. The molecule has 3 heterocycles. The molecule has 0 radical (unpaired) electrons. The Labute approximate surface area is 186 Å². The van der Waals surface area contributed by atoms with Gasteiger partial charge >= 0.3 is 5.97 Å². The van der Waals surface area contributed by atoms with Crippen LogP contribution in [0.4, 0.5) is 0 Å². The second kappa shape index (κ2) is 8.82. The summed E-state index contributed by atoms with van der Waals surface area (Å²) < 4.78 is 13.2. The highest BCUT2D eigenvalue weighted by molar-refractivity contribution is 5.98. The number of rotatable bonds is 5. The summed E-state index contributed by atoms with van der Waals surface area (Å²) in [6.45, 7) is 2.37. The number of carbonyl (C=O) groups is 2. The van der Waals surface area contributed by atoms with E-state index < -0.39 is 5.97 Å². The van der Waals surface area contributed by atoms with Gasteiger partial charge in [0.25, 0.3) is 0 Å². The Morgan fingerprint density at radius 3 is 2.53 bits per heavy atom. The molecule has 3 aromatic rings. The van der Waals surface area contributed by atoms with Crippen LogP contribution in [-0.4, -0.2) is 52.8 Å². The molecule has 1 N–H and O–H groups in total. The number of hydrogen-bond donors (Lipinski definition) is 1. The zero-order chi connectivity index (χ0) is 22.1. The number of furan rings is 1. The largest absolute Gasteiger partial charge is 0.478 e. The molecule has 168 valence electrons. The van der Waals surface area contributed by atoms with E-state index in [-0.39, 0.29) is 18.0 Å². The fourth-order valence-corrected chi connectivity index (χ4v) is 5.20. The van der Waals surface area contributed by atoms with Gasteiger partial charge in [-0.05, 0) is 48.6 Å². The summed E-state index contributed by atoms with van der Waals surface area (Å²) >= 11 is 0. The third kappa shape index (κ3) is 3.81. The lowest BCUT2D eigenvalue weighted by molar-refractivity contribution is -0.135. The first kappa shape index (κ1) is 20.8. The van der Waals surface area contributed by atoms with Gasteiger partial charge in [0.05, 0.1) is 36.3 Å². The second-order valence-corrected chi connectivity index (χ2v) is 8.69. The Morgan fingerprint density at radius 1 is 1.06 bits per heavy atom. The predicted molar refractivity (Wildman–Crippen MR) is 120 cm³/mol. The molecule has 1 aromatic carbocycles. The first-order chi connectivity index (χ1) is 15.6. The second-order valence-electron chi connectivity index (χ2n) is 8.69. The van der Waals surface area contributed by atoms with Crippen molar-refractivity contribution in [2.24, 2.45) is 0 Å². The number of amides is 1. The number of carbonyl (C=O) groups excluding carboxylic acids is 1. The van der Waals surface area contributed by atoms with E-state index in [2.05, 4.69) is 0 Å². The molecule has 2 fully saturated rings. The van der Waals surface area contributed by atoms with Gasteiger partial charge in [-0.25, -0.2) is 4.79 Å². The van der Waals surface area contributed by atoms with E-state index in [1.165, 1.54) is 24.8 Å². The van der Waals surface area contributed by atoms with E-state index in [1.54, 1.807) is 18.4 Å². The van der Waals surface area contributed by atoms with Crippen molar-refractivity contribution in [3.05, 3.63) is 47.7 Å². The lowest BCUT2D eigenvalue weighted by Gasteiger charge is -2.27. The van der Waals surface area contributed by atoms with Gasteiger partial charge in [-0.2, -0.15) is 0 Å². The number of morpholine rings is 1. The minimum Gasteiger partial charge on any atom is -0.478 e. The van der Waals surface area contributed by atoms with Crippen molar-refractivity contribution in [1.82, 2.24) is 9.47 Å². The molecule has 7 nitrogen and oxygen atoms in total. The van der Waals surface area contributed by atoms with E-state index in [0.29, 0.717) is 38.0 Å². The zero-order valence-corrected chi connectivity index (χ0v) is 18.1. The van der Waals surface area contributed by atoms with E-state index >= 15 is 0 Å². The lowest BCUT2D eigenvalue weighted by Crippen LogP contribution is -2.42. The molecule has 1 saturated carbocycles. The number of hydrogen-bond acceptors (Lipinski definition) is 4. The minimum absolute atomic E-state index is 0.00827. The number of fused-ring (bicyclic) bond motifs is 1. The molecule has 1 aliphatic heterocycles. The van der Waals surface area contributed by atoms with E-state index in [1.807, 2.05) is 27.7 Å². The van der Waals surface area contributed by atoms with E-state index in [9.17, 15) is 14.7 Å². The van der Waals surface area contributed by atoms with Crippen LogP contribution in [0, 0.1) is 0 Å². The van der Waals surface area contributed by atoms with E-state index in [4.69, 9.17) is 9.15 Å². The molecule has 1 aliphatic carbocycles. The van der Waals surface area contributed by atoms with E-state index in [0.717, 1.165) is 29.4 Å². The van der Waals surface area contributed by atoms with Crippen LogP contribution < -0.4 is 0 Å². The van der Waals surface area contributed by atoms with Crippen LogP contribution in [0.25, 0.3) is 22.4 Å². The maximum absolute atomic E-state index is 13.2. The van der Waals surface area contributed by atoms with Crippen molar-refractivity contribution in [2.75, 3.05) is 26.3 Å². The Kier molecular flexibility index (Phi) is 5.74.